The molecule has 0 spiro atoms. The number of carbonyl (C=O) groups is 4. The highest BCUT2D eigenvalue weighted by Crippen LogP contribution is 2.28. The molecule has 12 nitrogen and oxygen atoms in total. The van der Waals surface area contributed by atoms with Gasteiger partial charge in [-0.15, -0.1) is 0 Å². The Morgan fingerprint density at radius 2 is 1.31 bits per heavy atom. The number of amides is 1. The summed E-state index contributed by atoms with van der Waals surface area (Å²) in [5.74, 6) is -5.29. The van der Waals surface area contributed by atoms with E-state index in [1.54, 1.807) is 13.8 Å². The lowest BCUT2D eigenvalue weighted by Gasteiger charge is -2.31. The van der Waals surface area contributed by atoms with E-state index < -0.39 is 59.7 Å². The molecule has 12 heteroatoms. The number of nitrogens with one attached hydrogen (secondary N) is 1. The van der Waals surface area contributed by atoms with Gasteiger partial charge in [-0.1, -0.05) is 105 Å². The molecule has 4 rings (SSSR count). The van der Waals surface area contributed by atoms with Crippen molar-refractivity contribution >= 4 is 23.8 Å². The van der Waals surface area contributed by atoms with Crippen LogP contribution in [0.25, 0.3) is 0 Å². The number of rotatable bonds is 18. The molecule has 0 aliphatic rings. The minimum atomic E-state index is -1.41. The van der Waals surface area contributed by atoms with E-state index in [1.165, 1.54) is 26.3 Å². The molecule has 4 aromatic rings. The minimum Gasteiger partial charge on any atom is -0.503 e. The number of ether oxygens (including phenoxy) is 5. The quantitative estimate of drug-likeness (QED) is 0.103. The first-order valence-corrected chi connectivity index (χ1v) is 16.9. The zero-order valence-corrected chi connectivity index (χ0v) is 29.6. The summed E-state index contributed by atoms with van der Waals surface area (Å²) in [5.41, 5.74) is 1.95. The van der Waals surface area contributed by atoms with E-state index in [0.717, 1.165) is 16.7 Å². The van der Waals surface area contributed by atoms with Gasteiger partial charge in [-0.2, -0.15) is 0 Å². The Morgan fingerprint density at radius 3 is 1.88 bits per heavy atom. The molecule has 2 N–H and O–H groups in total. The SMILES string of the molecule is COc1ccnc(C(=O)N[C@@H](COCc2ccccc2)C(=O)OC(C)[C@H](OC(=O)C(C)C)[C@H](Cc2ccccc2)C(=O)OCc2ccccc2)c1O. The number of nitrogens with zero attached hydrogens (tertiary/aromatic N) is 1. The number of esters is 3. The number of hydrogen-bond acceptors (Lipinski definition) is 11. The highest BCUT2D eigenvalue weighted by molar-refractivity contribution is 5.98. The predicted molar refractivity (Wildman–Crippen MR) is 190 cm³/mol. The van der Waals surface area contributed by atoms with Gasteiger partial charge >= 0.3 is 17.9 Å². The van der Waals surface area contributed by atoms with Crippen LogP contribution in [0.15, 0.2) is 103 Å². The molecule has 0 bridgehead atoms. The van der Waals surface area contributed by atoms with Gasteiger partial charge in [-0.25, -0.2) is 9.78 Å². The summed E-state index contributed by atoms with van der Waals surface area (Å²) in [5, 5.41) is 13.1. The Balaban J connectivity index is 1.61. The van der Waals surface area contributed by atoms with Gasteiger partial charge in [0.15, 0.2) is 29.3 Å². The monoisotopic (exact) mass is 712 g/mol. The normalized spacial score (nSPS) is 13.2. The van der Waals surface area contributed by atoms with E-state index in [4.69, 9.17) is 23.7 Å². The smallest absolute Gasteiger partial charge is 0.331 e. The first kappa shape index (κ1) is 39.0. The predicted octanol–water partition coefficient (Wildman–Crippen LogP) is 5.21. The molecular weight excluding hydrogens is 668 g/mol. The van der Waals surface area contributed by atoms with Crippen molar-refractivity contribution < 1.29 is 48.0 Å². The molecule has 52 heavy (non-hydrogen) atoms. The van der Waals surface area contributed by atoms with E-state index in [1.807, 2.05) is 91.0 Å². The van der Waals surface area contributed by atoms with Crippen molar-refractivity contribution in [1.29, 1.82) is 0 Å². The Hall–Kier alpha value is -5.75. The van der Waals surface area contributed by atoms with Gasteiger partial charge in [0.25, 0.3) is 5.91 Å². The lowest BCUT2D eigenvalue weighted by molar-refractivity contribution is -0.181. The largest absolute Gasteiger partial charge is 0.503 e. The fraction of sp³-hybridized carbons (Fsp3) is 0.325. The number of hydrogen-bond donors (Lipinski definition) is 2. The minimum absolute atomic E-state index is 0.00615. The molecule has 1 unspecified atom stereocenters. The third-order valence-corrected chi connectivity index (χ3v) is 8.02. The second-order valence-corrected chi connectivity index (χ2v) is 12.3. The van der Waals surface area contributed by atoms with E-state index in [2.05, 4.69) is 10.3 Å². The van der Waals surface area contributed by atoms with Gasteiger partial charge in [0, 0.05) is 12.3 Å². The van der Waals surface area contributed by atoms with Gasteiger partial charge < -0.3 is 34.1 Å². The van der Waals surface area contributed by atoms with Crippen LogP contribution in [0.2, 0.25) is 0 Å². The topological polar surface area (TPSA) is 160 Å². The third kappa shape index (κ3) is 11.4. The molecular formula is C40H44N2O10. The number of benzene rings is 3. The standard InChI is InChI=1S/C40H44N2O10/c1-26(2)38(45)52-36(31(22-28-14-8-5-9-15-28)39(46)50-24-30-18-12-7-13-19-30)27(3)51-40(47)32(25-49-23-29-16-10-6-11-17-29)42-37(44)34-35(43)33(48-4)20-21-41-34/h5-21,26-27,31-32,36,43H,22-25H2,1-4H3,(H,42,44)/t27?,31-,32-,36-/m0/s1. The summed E-state index contributed by atoms with van der Waals surface area (Å²) in [7, 11) is 1.32. The van der Waals surface area contributed by atoms with E-state index in [0.29, 0.717) is 0 Å². The van der Waals surface area contributed by atoms with Crippen LogP contribution >= 0.6 is 0 Å². The van der Waals surface area contributed by atoms with Crippen molar-refractivity contribution in [3.63, 3.8) is 0 Å². The van der Waals surface area contributed by atoms with Crippen LogP contribution in [-0.4, -0.2) is 65.9 Å². The van der Waals surface area contributed by atoms with Crippen molar-refractivity contribution in [1.82, 2.24) is 10.3 Å². The van der Waals surface area contributed by atoms with E-state index in [-0.39, 0.29) is 37.7 Å². The number of pyridine rings is 1. The Morgan fingerprint density at radius 1 is 0.731 bits per heavy atom. The molecule has 0 aliphatic carbocycles. The first-order chi connectivity index (χ1) is 25.1. The van der Waals surface area contributed by atoms with Crippen molar-refractivity contribution in [3.05, 3.63) is 126 Å². The van der Waals surface area contributed by atoms with Gasteiger partial charge in [0.05, 0.1) is 26.2 Å². The maximum absolute atomic E-state index is 13.9. The Kier molecular flexibility index (Phi) is 14.7. The first-order valence-electron chi connectivity index (χ1n) is 16.9. The maximum atomic E-state index is 13.9. The zero-order valence-electron chi connectivity index (χ0n) is 29.6. The summed E-state index contributed by atoms with van der Waals surface area (Å²) < 4.78 is 28.4. The lowest BCUT2D eigenvalue weighted by atomic mass is 9.90. The summed E-state index contributed by atoms with van der Waals surface area (Å²) in [6.07, 6.45) is -1.11. The summed E-state index contributed by atoms with van der Waals surface area (Å²) >= 11 is 0. The second kappa shape index (κ2) is 19.6. The fourth-order valence-corrected chi connectivity index (χ4v) is 5.18. The van der Waals surface area contributed by atoms with Crippen LogP contribution in [0.4, 0.5) is 0 Å². The average Bonchev–Trinajstić information content (AvgIpc) is 3.15. The van der Waals surface area contributed by atoms with Crippen LogP contribution < -0.4 is 10.1 Å². The Bertz CT molecular complexity index is 1750. The molecule has 3 aromatic carbocycles. The molecule has 0 fully saturated rings. The molecule has 0 radical (unpaired) electrons. The van der Waals surface area contributed by atoms with Crippen molar-refractivity contribution in [3.8, 4) is 11.5 Å². The summed E-state index contributed by atoms with van der Waals surface area (Å²) in [4.78, 5) is 58.0. The third-order valence-electron chi connectivity index (χ3n) is 8.02. The van der Waals surface area contributed by atoms with Crippen LogP contribution in [0.1, 0.15) is 48.0 Å². The average molecular weight is 713 g/mol. The number of aromatic hydroxyl groups is 1. The molecule has 1 amide bonds. The molecule has 274 valence electrons. The lowest BCUT2D eigenvalue weighted by Crippen LogP contribution is -2.49. The van der Waals surface area contributed by atoms with Gasteiger partial charge in [0.2, 0.25) is 0 Å². The number of carbonyl (C=O) groups excluding carboxylic acids is 4. The van der Waals surface area contributed by atoms with Crippen LogP contribution in [0, 0.1) is 11.8 Å². The number of aromatic nitrogens is 1. The Labute approximate surface area is 303 Å². The van der Waals surface area contributed by atoms with Gasteiger partial charge in [-0.05, 0) is 30.0 Å². The van der Waals surface area contributed by atoms with Crippen LogP contribution in [0.3, 0.4) is 0 Å². The van der Waals surface area contributed by atoms with E-state index >= 15 is 0 Å². The number of methoxy groups -OCH3 is 1. The van der Waals surface area contributed by atoms with Crippen molar-refractivity contribution in [2.75, 3.05) is 13.7 Å². The molecule has 1 heterocycles. The van der Waals surface area contributed by atoms with Crippen LogP contribution in [0.5, 0.6) is 11.5 Å². The molecule has 0 saturated carbocycles. The highest BCUT2D eigenvalue weighted by Gasteiger charge is 2.40. The van der Waals surface area contributed by atoms with Crippen molar-refractivity contribution in [2.24, 2.45) is 11.8 Å². The van der Waals surface area contributed by atoms with Crippen LogP contribution in [-0.2, 0) is 53.0 Å². The van der Waals surface area contributed by atoms with Gasteiger partial charge in [-0.3, -0.25) is 14.4 Å². The second-order valence-electron chi connectivity index (χ2n) is 12.3. The molecule has 0 aliphatic heterocycles. The molecule has 1 aromatic heterocycles. The molecule has 4 atom stereocenters. The fourth-order valence-electron chi connectivity index (χ4n) is 5.18. The highest BCUT2D eigenvalue weighted by atomic mass is 16.6. The molecule has 0 saturated heterocycles. The zero-order chi connectivity index (χ0) is 37.5. The maximum Gasteiger partial charge on any atom is 0.331 e. The van der Waals surface area contributed by atoms with Gasteiger partial charge in [0.1, 0.15) is 18.6 Å². The van der Waals surface area contributed by atoms with Crippen molar-refractivity contribution in [2.45, 2.75) is 58.7 Å². The summed E-state index contributed by atoms with van der Waals surface area (Å²) in [6, 6.07) is 27.4. The summed E-state index contributed by atoms with van der Waals surface area (Å²) in [6.45, 7) is 4.54. The van der Waals surface area contributed by atoms with E-state index in [9.17, 15) is 24.3 Å².